The molecule has 24 heavy (non-hydrogen) atoms. The highest BCUT2D eigenvalue weighted by Gasteiger charge is 2.25. The van der Waals surface area contributed by atoms with Crippen LogP contribution in [0.3, 0.4) is 0 Å². The fraction of sp³-hybridized carbons (Fsp3) is 0.0833. The summed E-state index contributed by atoms with van der Waals surface area (Å²) in [4.78, 5) is 0. The first-order chi connectivity index (χ1) is 11.9. The van der Waals surface area contributed by atoms with Gasteiger partial charge < -0.3 is 0 Å². The quantitative estimate of drug-likeness (QED) is 0.393. The van der Waals surface area contributed by atoms with Gasteiger partial charge in [0.05, 0.1) is 0 Å². The Kier molecular flexibility index (Phi) is 3.02. The monoisotopic (exact) mass is 306 g/mol. The van der Waals surface area contributed by atoms with E-state index in [-0.39, 0.29) is 0 Å². The minimum absolute atomic E-state index is 0.431. The van der Waals surface area contributed by atoms with Crippen LogP contribution in [-0.2, 0) is 6.42 Å². The minimum atomic E-state index is 0.431. The van der Waals surface area contributed by atoms with Crippen molar-refractivity contribution in [3.8, 4) is 11.1 Å². The van der Waals surface area contributed by atoms with Crippen LogP contribution in [0.4, 0.5) is 0 Å². The van der Waals surface area contributed by atoms with Crippen LogP contribution < -0.4 is 0 Å². The van der Waals surface area contributed by atoms with Crippen LogP contribution in [0.2, 0.25) is 0 Å². The molecule has 0 heteroatoms. The molecule has 0 amide bonds. The SMILES string of the molecule is c1ccc2c(c1)CC(c1ccc3ccccc3c1)c1ccccc1-2. The predicted octanol–water partition coefficient (Wildman–Crippen LogP) is 6.19. The average Bonchev–Trinajstić information content (AvgIpc) is 2.67. The summed E-state index contributed by atoms with van der Waals surface area (Å²) >= 11 is 0. The van der Waals surface area contributed by atoms with E-state index >= 15 is 0 Å². The first-order valence-corrected chi connectivity index (χ1v) is 8.56. The second-order valence-electron chi connectivity index (χ2n) is 6.61. The number of rotatable bonds is 1. The van der Waals surface area contributed by atoms with Gasteiger partial charge in [-0.25, -0.2) is 0 Å². The number of hydrogen-bond donors (Lipinski definition) is 0. The van der Waals surface area contributed by atoms with Gasteiger partial charge in [0.2, 0.25) is 0 Å². The summed E-state index contributed by atoms with van der Waals surface area (Å²) in [6, 6.07) is 33.3. The summed E-state index contributed by atoms with van der Waals surface area (Å²) in [5, 5.41) is 2.64. The van der Waals surface area contributed by atoms with Gasteiger partial charge in [0.1, 0.15) is 0 Å². The molecule has 5 rings (SSSR count). The van der Waals surface area contributed by atoms with E-state index in [9.17, 15) is 0 Å². The van der Waals surface area contributed by atoms with Gasteiger partial charge in [-0.1, -0.05) is 91.0 Å². The zero-order valence-electron chi connectivity index (χ0n) is 13.4. The largest absolute Gasteiger partial charge is 0.0620 e. The number of fused-ring (bicyclic) bond motifs is 4. The molecule has 0 N–H and O–H groups in total. The van der Waals surface area contributed by atoms with Crippen molar-refractivity contribution in [3.63, 3.8) is 0 Å². The van der Waals surface area contributed by atoms with Crippen molar-refractivity contribution >= 4 is 10.8 Å². The van der Waals surface area contributed by atoms with Crippen molar-refractivity contribution in [2.75, 3.05) is 0 Å². The molecular weight excluding hydrogens is 288 g/mol. The Morgan fingerprint density at radius 2 is 1.29 bits per heavy atom. The molecule has 0 aliphatic heterocycles. The number of hydrogen-bond acceptors (Lipinski definition) is 0. The maximum atomic E-state index is 2.37. The number of benzene rings is 4. The van der Waals surface area contributed by atoms with Crippen LogP contribution in [-0.4, -0.2) is 0 Å². The Bertz CT molecular complexity index is 1040. The van der Waals surface area contributed by atoms with Gasteiger partial charge in [0, 0.05) is 5.92 Å². The summed E-state index contributed by atoms with van der Waals surface area (Å²) in [6.45, 7) is 0. The fourth-order valence-electron chi connectivity index (χ4n) is 4.06. The van der Waals surface area contributed by atoms with Gasteiger partial charge in [-0.2, -0.15) is 0 Å². The van der Waals surface area contributed by atoms with Crippen molar-refractivity contribution < 1.29 is 0 Å². The van der Waals surface area contributed by atoms with E-state index in [0.717, 1.165) is 6.42 Å². The van der Waals surface area contributed by atoms with Crippen LogP contribution in [0.1, 0.15) is 22.6 Å². The van der Waals surface area contributed by atoms with Crippen molar-refractivity contribution in [1.29, 1.82) is 0 Å². The molecule has 0 saturated carbocycles. The van der Waals surface area contributed by atoms with Gasteiger partial charge in [-0.15, -0.1) is 0 Å². The van der Waals surface area contributed by atoms with Crippen molar-refractivity contribution in [1.82, 2.24) is 0 Å². The van der Waals surface area contributed by atoms with Crippen LogP contribution in [0.5, 0.6) is 0 Å². The summed E-state index contributed by atoms with van der Waals surface area (Å²) < 4.78 is 0. The highest BCUT2D eigenvalue weighted by atomic mass is 14.3. The average molecular weight is 306 g/mol. The van der Waals surface area contributed by atoms with Crippen LogP contribution >= 0.6 is 0 Å². The molecule has 0 aromatic heterocycles. The van der Waals surface area contributed by atoms with Crippen LogP contribution in [0.25, 0.3) is 21.9 Å². The molecule has 1 aliphatic rings. The lowest BCUT2D eigenvalue weighted by Gasteiger charge is -2.28. The maximum Gasteiger partial charge on any atom is 0.0136 e. The second-order valence-corrected chi connectivity index (χ2v) is 6.61. The van der Waals surface area contributed by atoms with E-state index in [4.69, 9.17) is 0 Å². The van der Waals surface area contributed by atoms with Crippen molar-refractivity contribution in [3.05, 3.63) is 108 Å². The van der Waals surface area contributed by atoms with Crippen LogP contribution in [0.15, 0.2) is 91.0 Å². The molecule has 0 heterocycles. The van der Waals surface area contributed by atoms with E-state index in [2.05, 4.69) is 91.0 Å². The standard InChI is InChI=1S/C24H18/c1-2-8-18-15-20(14-13-17(18)7-1)24-16-19-9-3-4-10-21(19)22-11-5-6-12-23(22)24/h1-15,24H,16H2. The molecule has 1 atom stereocenters. The zero-order chi connectivity index (χ0) is 15.9. The van der Waals surface area contributed by atoms with Crippen molar-refractivity contribution in [2.24, 2.45) is 0 Å². The van der Waals surface area contributed by atoms with Gasteiger partial charge >= 0.3 is 0 Å². The van der Waals surface area contributed by atoms with Gasteiger partial charge in [0.25, 0.3) is 0 Å². The molecule has 0 spiro atoms. The lowest BCUT2D eigenvalue weighted by Crippen LogP contribution is -2.12. The highest BCUT2D eigenvalue weighted by molar-refractivity contribution is 5.84. The molecule has 0 fully saturated rings. The molecule has 0 saturated heterocycles. The third-order valence-electron chi connectivity index (χ3n) is 5.24. The Labute approximate surface area is 142 Å². The third-order valence-corrected chi connectivity index (χ3v) is 5.24. The van der Waals surface area contributed by atoms with E-state index in [0.29, 0.717) is 5.92 Å². The molecule has 0 radical (unpaired) electrons. The Balaban J connectivity index is 1.71. The van der Waals surface area contributed by atoms with Gasteiger partial charge in [0.15, 0.2) is 0 Å². The fourth-order valence-corrected chi connectivity index (χ4v) is 4.06. The Hall–Kier alpha value is -2.86. The minimum Gasteiger partial charge on any atom is -0.0620 e. The topological polar surface area (TPSA) is 0 Å². The van der Waals surface area contributed by atoms with Crippen molar-refractivity contribution in [2.45, 2.75) is 12.3 Å². The summed E-state index contributed by atoms with van der Waals surface area (Å²) in [7, 11) is 0. The molecule has 1 unspecified atom stereocenters. The lowest BCUT2D eigenvalue weighted by molar-refractivity contribution is 0.795. The summed E-state index contributed by atoms with van der Waals surface area (Å²) in [5.41, 5.74) is 7.10. The normalized spacial score (nSPS) is 15.8. The molecule has 4 aromatic rings. The molecular formula is C24H18. The third kappa shape index (κ3) is 2.07. The van der Waals surface area contributed by atoms with Gasteiger partial charge in [-0.3, -0.25) is 0 Å². The second kappa shape index (κ2) is 5.35. The van der Waals surface area contributed by atoms with E-state index in [1.54, 1.807) is 0 Å². The zero-order valence-corrected chi connectivity index (χ0v) is 13.4. The van der Waals surface area contributed by atoms with Crippen LogP contribution in [0, 0.1) is 0 Å². The highest BCUT2D eigenvalue weighted by Crippen LogP contribution is 2.42. The summed E-state index contributed by atoms with van der Waals surface area (Å²) in [5.74, 6) is 0.431. The maximum absolute atomic E-state index is 2.37. The van der Waals surface area contributed by atoms with E-state index in [1.165, 1.54) is 38.6 Å². The Morgan fingerprint density at radius 1 is 0.583 bits per heavy atom. The molecule has 1 aliphatic carbocycles. The predicted molar refractivity (Wildman–Crippen MR) is 101 cm³/mol. The summed E-state index contributed by atoms with van der Waals surface area (Å²) in [6.07, 6.45) is 1.07. The molecule has 114 valence electrons. The lowest BCUT2D eigenvalue weighted by atomic mass is 9.75. The molecule has 4 aromatic carbocycles. The first kappa shape index (κ1) is 13.6. The Morgan fingerprint density at radius 3 is 2.21 bits per heavy atom. The molecule has 0 nitrogen and oxygen atoms in total. The molecule has 0 bridgehead atoms. The van der Waals surface area contributed by atoms with E-state index < -0.39 is 0 Å². The first-order valence-electron chi connectivity index (χ1n) is 8.56. The van der Waals surface area contributed by atoms with Gasteiger partial charge in [-0.05, 0) is 45.0 Å². The van der Waals surface area contributed by atoms with E-state index in [1.807, 2.05) is 0 Å². The smallest absolute Gasteiger partial charge is 0.0136 e.